The summed E-state index contributed by atoms with van der Waals surface area (Å²) in [7, 11) is 0. The number of hydrogen-bond donors (Lipinski definition) is 0. The van der Waals surface area contributed by atoms with E-state index in [0.717, 1.165) is 12.4 Å². The first-order valence-electron chi connectivity index (χ1n) is 5.52. The third kappa shape index (κ3) is 2.28. The van der Waals surface area contributed by atoms with Gasteiger partial charge in [0, 0.05) is 12.7 Å². The van der Waals surface area contributed by atoms with Crippen molar-refractivity contribution in [3.8, 4) is 0 Å². The normalized spacial score (nSPS) is 21.3. The second-order valence-electron chi connectivity index (χ2n) is 4.43. The van der Waals surface area contributed by atoms with Crippen molar-refractivity contribution in [2.45, 2.75) is 32.4 Å². The van der Waals surface area contributed by atoms with E-state index in [1.165, 1.54) is 5.56 Å². The van der Waals surface area contributed by atoms with Crippen LogP contribution in [-0.2, 0) is 0 Å². The van der Waals surface area contributed by atoms with Gasteiger partial charge in [-0.1, -0.05) is 13.8 Å². The van der Waals surface area contributed by atoms with E-state index in [1.807, 2.05) is 17.2 Å². The van der Waals surface area contributed by atoms with Gasteiger partial charge in [0.2, 0.25) is 0 Å². The smallest absolute Gasteiger partial charge is 0.128 e. The minimum atomic E-state index is -0.686. The van der Waals surface area contributed by atoms with Crippen LogP contribution >= 0.6 is 0 Å². The zero-order chi connectivity index (χ0) is 10.8. The molecule has 0 spiro atoms. The molecule has 0 bridgehead atoms. The summed E-state index contributed by atoms with van der Waals surface area (Å²) in [6.07, 6.45) is 1.76. The summed E-state index contributed by atoms with van der Waals surface area (Å²) in [6, 6.07) is 4.10. The van der Waals surface area contributed by atoms with Crippen LogP contribution in [0, 0.1) is 0 Å². The molecular weight excluding hydrogens is 191 g/mol. The van der Waals surface area contributed by atoms with Gasteiger partial charge in [-0.3, -0.25) is 0 Å². The molecule has 1 aliphatic heterocycles. The highest BCUT2D eigenvalue weighted by Gasteiger charge is 2.22. The van der Waals surface area contributed by atoms with Gasteiger partial charge in [0.15, 0.2) is 0 Å². The van der Waals surface area contributed by atoms with E-state index < -0.39 is 6.17 Å². The van der Waals surface area contributed by atoms with Gasteiger partial charge in [0.05, 0.1) is 6.54 Å². The molecule has 1 aliphatic rings. The van der Waals surface area contributed by atoms with Crippen LogP contribution in [0.15, 0.2) is 18.3 Å². The molecule has 0 aliphatic carbocycles. The van der Waals surface area contributed by atoms with E-state index in [1.54, 1.807) is 0 Å². The number of hydrogen-bond acceptors (Lipinski definition) is 2. The number of nitrogens with zero attached hydrogens (tertiary/aromatic N) is 2. The Kier molecular flexibility index (Phi) is 2.89. The predicted octanol–water partition coefficient (Wildman–Crippen LogP) is 2.75. The van der Waals surface area contributed by atoms with E-state index in [9.17, 15) is 4.39 Å². The molecule has 2 heterocycles. The highest BCUT2D eigenvalue weighted by atomic mass is 19.1. The van der Waals surface area contributed by atoms with Gasteiger partial charge < -0.3 is 4.90 Å². The van der Waals surface area contributed by atoms with E-state index in [-0.39, 0.29) is 0 Å². The second-order valence-corrected chi connectivity index (χ2v) is 4.43. The molecule has 0 aromatic carbocycles. The number of aromatic nitrogens is 1. The predicted molar refractivity (Wildman–Crippen MR) is 60.1 cm³/mol. The van der Waals surface area contributed by atoms with E-state index in [2.05, 4.69) is 24.9 Å². The summed E-state index contributed by atoms with van der Waals surface area (Å²) < 4.78 is 13.0. The molecule has 3 heteroatoms. The van der Waals surface area contributed by atoms with Crippen LogP contribution in [0.1, 0.15) is 31.7 Å². The van der Waals surface area contributed by atoms with Crippen molar-refractivity contribution in [2.75, 3.05) is 18.0 Å². The molecule has 0 amide bonds. The largest absolute Gasteiger partial charge is 0.354 e. The Hall–Kier alpha value is -1.12. The molecule has 0 radical (unpaired) electrons. The average molecular weight is 208 g/mol. The lowest BCUT2D eigenvalue weighted by atomic mass is 10.1. The van der Waals surface area contributed by atoms with Crippen LogP contribution in [-0.4, -0.2) is 24.2 Å². The summed E-state index contributed by atoms with van der Waals surface area (Å²) >= 11 is 0. The zero-order valence-corrected chi connectivity index (χ0v) is 9.28. The maximum atomic E-state index is 13.0. The number of rotatable bonds is 2. The van der Waals surface area contributed by atoms with Crippen molar-refractivity contribution >= 4 is 5.82 Å². The lowest BCUT2D eigenvalue weighted by Crippen LogP contribution is -2.21. The van der Waals surface area contributed by atoms with Crippen molar-refractivity contribution in [2.24, 2.45) is 0 Å². The van der Waals surface area contributed by atoms with E-state index >= 15 is 0 Å². The number of anilines is 1. The van der Waals surface area contributed by atoms with Crippen molar-refractivity contribution < 1.29 is 4.39 Å². The Bertz CT molecular complexity index is 338. The topological polar surface area (TPSA) is 16.1 Å². The summed E-state index contributed by atoms with van der Waals surface area (Å²) in [4.78, 5) is 6.32. The average Bonchev–Trinajstić information content (AvgIpc) is 2.65. The fourth-order valence-corrected chi connectivity index (χ4v) is 1.89. The summed E-state index contributed by atoms with van der Waals surface area (Å²) in [6.45, 7) is 5.59. The standard InChI is InChI=1S/C12H17FN2/c1-9(2)10-3-5-14-12(7-10)15-6-4-11(13)8-15/h3,5,7,9,11H,4,6,8H2,1-2H3/t11-/m1/s1. The van der Waals surface area contributed by atoms with E-state index in [4.69, 9.17) is 0 Å². The summed E-state index contributed by atoms with van der Waals surface area (Å²) in [5, 5.41) is 0. The van der Waals surface area contributed by atoms with Crippen LogP contribution in [0.5, 0.6) is 0 Å². The quantitative estimate of drug-likeness (QED) is 0.743. The fraction of sp³-hybridized carbons (Fsp3) is 0.583. The van der Waals surface area contributed by atoms with Gasteiger partial charge in [-0.2, -0.15) is 0 Å². The van der Waals surface area contributed by atoms with Gasteiger partial charge in [-0.25, -0.2) is 9.37 Å². The molecule has 1 fully saturated rings. The van der Waals surface area contributed by atoms with Crippen molar-refractivity contribution in [1.29, 1.82) is 0 Å². The third-order valence-electron chi connectivity index (χ3n) is 2.89. The van der Waals surface area contributed by atoms with Gasteiger partial charge in [0.25, 0.3) is 0 Å². The molecular formula is C12H17FN2. The Labute approximate surface area is 90.1 Å². The SMILES string of the molecule is CC(C)c1ccnc(N2CC[C@@H](F)C2)c1. The lowest BCUT2D eigenvalue weighted by Gasteiger charge is -2.17. The molecule has 2 nitrogen and oxygen atoms in total. The fourth-order valence-electron chi connectivity index (χ4n) is 1.89. The molecule has 0 saturated carbocycles. The first kappa shape index (κ1) is 10.4. The van der Waals surface area contributed by atoms with Crippen molar-refractivity contribution in [3.63, 3.8) is 0 Å². The number of pyridine rings is 1. The van der Waals surface area contributed by atoms with Crippen LogP contribution < -0.4 is 4.90 Å². The van der Waals surface area contributed by atoms with Crippen molar-refractivity contribution in [1.82, 2.24) is 4.98 Å². The van der Waals surface area contributed by atoms with Crippen molar-refractivity contribution in [3.05, 3.63) is 23.9 Å². The van der Waals surface area contributed by atoms with Crippen LogP contribution in [0.25, 0.3) is 0 Å². The highest BCUT2D eigenvalue weighted by Crippen LogP contribution is 2.23. The molecule has 2 rings (SSSR count). The molecule has 15 heavy (non-hydrogen) atoms. The summed E-state index contributed by atoms with van der Waals surface area (Å²) in [5.74, 6) is 1.41. The van der Waals surface area contributed by atoms with Crippen LogP contribution in [0.3, 0.4) is 0 Å². The van der Waals surface area contributed by atoms with E-state index in [0.29, 0.717) is 18.9 Å². The zero-order valence-electron chi connectivity index (χ0n) is 9.28. The van der Waals surface area contributed by atoms with Gasteiger partial charge in [0.1, 0.15) is 12.0 Å². The molecule has 1 aromatic heterocycles. The number of halogens is 1. The monoisotopic (exact) mass is 208 g/mol. The third-order valence-corrected chi connectivity index (χ3v) is 2.89. The lowest BCUT2D eigenvalue weighted by molar-refractivity contribution is 0.364. The van der Waals surface area contributed by atoms with Crippen LogP contribution in [0.2, 0.25) is 0 Å². The minimum absolute atomic E-state index is 0.495. The first-order chi connectivity index (χ1) is 7.16. The van der Waals surface area contributed by atoms with Gasteiger partial charge in [-0.15, -0.1) is 0 Å². The first-order valence-corrected chi connectivity index (χ1v) is 5.52. The number of alkyl halides is 1. The molecule has 82 valence electrons. The molecule has 0 unspecified atom stereocenters. The Morgan fingerprint density at radius 3 is 2.93 bits per heavy atom. The molecule has 1 atom stereocenters. The van der Waals surface area contributed by atoms with Crippen LogP contribution in [0.4, 0.5) is 10.2 Å². The molecule has 1 aromatic rings. The maximum absolute atomic E-state index is 13.0. The van der Waals surface area contributed by atoms with Gasteiger partial charge in [-0.05, 0) is 30.0 Å². The minimum Gasteiger partial charge on any atom is -0.354 e. The Balaban J connectivity index is 2.18. The van der Waals surface area contributed by atoms with Gasteiger partial charge >= 0.3 is 0 Å². The maximum Gasteiger partial charge on any atom is 0.128 e. The molecule has 1 saturated heterocycles. The Morgan fingerprint density at radius 2 is 2.33 bits per heavy atom. The summed E-state index contributed by atoms with van der Waals surface area (Å²) in [5.41, 5.74) is 1.27. The second kappa shape index (κ2) is 4.17. The highest BCUT2D eigenvalue weighted by molar-refractivity contribution is 5.43. The molecule has 0 N–H and O–H groups in total. The Morgan fingerprint density at radius 1 is 1.53 bits per heavy atom.